The van der Waals surface area contributed by atoms with Crippen LogP contribution in [0.5, 0.6) is 5.75 Å². The Morgan fingerprint density at radius 3 is 2.17 bits per heavy atom. The van der Waals surface area contributed by atoms with Crippen molar-refractivity contribution in [3.63, 3.8) is 0 Å². The van der Waals surface area contributed by atoms with E-state index in [0.717, 1.165) is 21.7 Å². The minimum absolute atomic E-state index is 0. The van der Waals surface area contributed by atoms with E-state index in [-0.39, 0.29) is 42.6 Å². The average Bonchev–Trinajstić information content (AvgIpc) is 2.45. The Morgan fingerprint density at radius 1 is 0.958 bits per heavy atom. The van der Waals surface area contributed by atoms with E-state index in [9.17, 15) is 5.11 Å². The van der Waals surface area contributed by atoms with Gasteiger partial charge in [0.1, 0.15) is 5.75 Å². The summed E-state index contributed by atoms with van der Waals surface area (Å²) in [4.78, 5) is 5.65. The van der Waals surface area contributed by atoms with Gasteiger partial charge in [0, 0.05) is 16.7 Å². The molecule has 0 aliphatic heterocycles. The van der Waals surface area contributed by atoms with E-state index >= 15 is 0 Å². The van der Waals surface area contributed by atoms with Gasteiger partial charge in [0.05, 0.1) is 5.69 Å². The molecule has 0 saturated carbocycles. The molecule has 2 nitrogen and oxygen atoms in total. The van der Waals surface area contributed by atoms with Gasteiger partial charge in [-0.2, -0.15) is 0 Å². The maximum atomic E-state index is 10.4. The molecule has 0 aliphatic carbocycles. The molecular formula is C18H24Cl3NOS. The van der Waals surface area contributed by atoms with Gasteiger partial charge in [-0.25, -0.2) is 0 Å². The lowest BCUT2D eigenvalue weighted by Gasteiger charge is -2.21. The number of hydrogen-bond donors (Lipinski definition) is 1. The fraction of sp³-hybridized carbons (Fsp3) is 0.278. The van der Waals surface area contributed by atoms with Gasteiger partial charge < -0.3 is 5.11 Å². The molecule has 2 rings (SSSR count). The van der Waals surface area contributed by atoms with Crippen LogP contribution in [0.15, 0.2) is 52.4 Å². The Labute approximate surface area is 167 Å². The first-order valence-electron chi connectivity index (χ1n) is 6.93. The maximum Gasteiger partial charge on any atom is 0.128 e. The zero-order valence-electron chi connectivity index (χ0n) is 14.1. The number of thioether (sulfide) groups is 1. The van der Waals surface area contributed by atoms with Crippen molar-refractivity contribution >= 4 is 60.9 Å². The number of nitrogens with zero attached hydrogens (tertiary/aromatic N) is 1. The van der Waals surface area contributed by atoms with Crippen molar-refractivity contribution in [1.82, 2.24) is 0 Å². The molecule has 0 radical (unpaired) electrons. The van der Waals surface area contributed by atoms with Crippen LogP contribution in [0.2, 0.25) is 0 Å². The Balaban J connectivity index is 0. The Hall–Kier alpha value is -0.870. The number of para-hydroxylation sites is 2. The predicted octanol–water partition coefficient (Wildman–Crippen LogP) is 6.43. The second-order valence-electron chi connectivity index (χ2n) is 5.92. The minimum atomic E-state index is -0.0922. The number of aromatic hydroxyl groups is 1. The van der Waals surface area contributed by atoms with Crippen LogP contribution < -0.4 is 0 Å². The Kier molecular flexibility index (Phi) is 11.5. The van der Waals surface area contributed by atoms with Gasteiger partial charge in [0.2, 0.25) is 0 Å². The van der Waals surface area contributed by atoms with Crippen LogP contribution in [0.3, 0.4) is 0 Å². The van der Waals surface area contributed by atoms with Gasteiger partial charge in [-0.15, -0.1) is 49.0 Å². The lowest BCUT2D eigenvalue weighted by molar-refractivity contribution is 0.446. The smallest absolute Gasteiger partial charge is 0.128 e. The zero-order chi connectivity index (χ0) is 15.5. The zero-order valence-corrected chi connectivity index (χ0v) is 17.4. The van der Waals surface area contributed by atoms with Crippen LogP contribution >= 0.6 is 49.0 Å². The Bertz CT molecular complexity index is 670. The second kappa shape index (κ2) is 10.9. The van der Waals surface area contributed by atoms with Crippen LogP contribution in [0.25, 0.3) is 0 Å². The average molecular weight is 409 g/mol. The molecule has 0 saturated heterocycles. The highest BCUT2D eigenvalue weighted by atomic mass is 35.5. The van der Waals surface area contributed by atoms with E-state index in [0.29, 0.717) is 5.75 Å². The second-order valence-corrected chi connectivity index (χ2v) is 6.77. The third kappa shape index (κ3) is 6.21. The van der Waals surface area contributed by atoms with Crippen LogP contribution in [0, 0.1) is 0 Å². The van der Waals surface area contributed by atoms with Crippen LogP contribution in [0.4, 0.5) is 5.69 Å². The van der Waals surface area contributed by atoms with Crippen molar-refractivity contribution in [3.8, 4) is 5.75 Å². The van der Waals surface area contributed by atoms with Gasteiger partial charge in [-0.05, 0) is 35.4 Å². The van der Waals surface area contributed by atoms with Gasteiger partial charge in [0.25, 0.3) is 0 Å². The molecule has 0 fully saturated rings. The topological polar surface area (TPSA) is 32.6 Å². The summed E-state index contributed by atoms with van der Waals surface area (Å²) in [7, 11) is 0. The number of phenolic OH excluding ortho intramolecular Hbond substituents is 1. The van der Waals surface area contributed by atoms with E-state index in [4.69, 9.17) is 0 Å². The normalized spacial score (nSPS) is 10.5. The predicted molar refractivity (Wildman–Crippen MR) is 114 cm³/mol. The standard InChI is InChI=1S/C18H21NOS.3ClH/c1-18(2,3)14-9-7-8-13(17(14)20)12-19-15-10-5-6-11-16(15)21-4;;;/h5-12,20H,1-4H3;3*1H. The van der Waals surface area contributed by atoms with Crippen molar-refractivity contribution in [1.29, 1.82) is 0 Å². The van der Waals surface area contributed by atoms with Crippen molar-refractivity contribution in [2.45, 2.75) is 31.1 Å². The minimum Gasteiger partial charge on any atom is -0.507 e. The third-order valence-corrected chi connectivity index (χ3v) is 4.09. The highest BCUT2D eigenvalue weighted by molar-refractivity contribution is 7.98. The number of hydrogen-bond acceptors (Lipinski definition) is 3. The van der Waals surface area contributed by atoms with E-state index in [1.807, 2.05) is 48.7 Å². The van der Waals surface area contributed by atoms with Crippen LogP contribution in [-0.4, -0.2) is 17.6 Å². The number of rotatable bonds is 3. The fourth-order valence-corrected chi connectivity index (χ4v) is 2.69. The highest BCUT2D eigenvalue weighted by Crippen LogP contribution is 2.33. The summed E-state index contributed by atoms with van der Waals surface area (Å²) < 4.78 is 0. The molecule has 0 spiro atoms. The molecule has 0 atom stereocenters. The molecule has 134 valence electrons. The maximum absolute atomic E-state index is 10.4. The van der Waals surface area contributed by atoms with Crippen molar-refractivity contribution in [2.24, 2.45) is 4.99 Å². The SMILES string of the molecule is CSc1ccccc1N=Cc1cccc(C(C)(C)C)c1O.Cl.Cl.Cl. The lowest BCUT2D eigenvalue weighted by Crippen LogP contribution is -2.11. The molecule has 0 amide bonds. The quantitative estimate of drug-likeness (QED) is 0.469. The molecule has 2 aromatic carbocycles. The number of phenols is 1. The van der Waals surface area contributed by atoms with Gasteiger partial charge in [-0.1, -0.05) is 45.0 Å². The summed E-state index contributed by atoms with van der Waals surface area (Å²) in [6.07, 6.45) is 3.77. The fourth-order valence-electron chi connectivity index (χ4n) is 2.15. The summed E-state index contributed by atoms with van der Waals surface area (Å²) in [6.45, 7) is 6.27. The first-order chi connectivity index (χ1) is 9.93. The molecule has 0 heterocycles. The van der Waals surface area contributed by atoms with Gasteiger partial charge >= 0.3 is 0 Å². The number of halogens is 3. The highest BCUT2D eigenvalue weighted by Gasteiger charge is 2.19. The summed E-state index contributed by atoms with van der Waals surface area (Å²) in [6, 6.07) is 13.8. The monoisotopic (exact) mass is 407 g/mol. The van der Waals surface area contributed by atoms with Crippen molar-refractivity contribution in [2.75, 3.05) is 6.26 Å². The van der Waals surface area contributed by atoms with E-state index < -0.39 is 0 Å². The summed E-state index contributed by atoms with van der Waals surface area (Å²) in [5.74, 6) is 0.315. The lowest BCUT2D eigenvalue weighted by atomic mass is 9.85. The molecule has 1 N–H and O–H groups in total. The number of benzene rings is 2. The van der Waals surface area contributed by atoms with Crippen molar-refractivity contribution in [3.05, 3.63) is 53.6 Å². The Morgan fingerprint density at radius 2 is 1.58 bits per heavy atom. The summed E-state index contributed by atoms with van der Waals surface area (Å²) in [5, 5.41) is 10.4. The van der Waals surface area contributed by atoms with E-state index in [2.05, 4.69) is 25.8 Å². The molecule has 0 bridgehead atoms. The molecule has 6 heteroatoms. The molecule has 0 aromatic heterocycles. The van der Waals surface area contributed by atoms with Gasteiger partial charge in [0.15, 0.2) is 0 Å². The molecule has 24 heavy (non-hydrogen) atoms. The number of aliphatic imine (C=N–C) groups is 1. The third-order valence-electron chi connectivity index (χ3n) is 3.30. The van der Waals surface area contributed by atoms with Crippen molar-refractivity contribution < 1.29 is 5.11 Å². The molecule has 2 aromatic rings. The first kappa shape index (κ1) is 25.4. The van der Waals surface area contributed by atoms with Crippen LogP contribution in [0.1, 0.15) is 31.9 Å². The van der Waals surface area contributed by atoms with E-state index in [1.165, 1.54) is 0 Å². The van der Waals surface area contributed by atoms with Crippen LogP contribution in [-0.2, 0) is 5.41 Å². The largest absolute Gasteiger partial charge is 0.507 e. The first-order valence-corrected chi connectivity index (χ1v) is 8.15. The molecule has 0 aliphatic rings. The summed E-state index contributed by atoms with van der Waals surface area (Å²) >= 11 is 1.67. The van der Waals surface area contributed by atoms with E-state index in [1.54, 1.807) is 18.0 Å². The molecule has 0 unspecified atom stereocenters. The molecular weight excluding hydrogens is 385 g/mol. The summed E-state index contributed by atoms with van der Waals surface area (Å²) in [5.41, 5.74) is 2.51. The van der Waals surface area contributed by atoms with Gasteiger partial charge in [-0.3, -0.25) is 4.99 Å².